The molecule has 8 heteroatoms. The molecule has 4 aliphatic rings. The molecule has 156 valence electrons. The second-order valence-corrected chi connectivity index (χ2v) is 9.04. The maximum atomic E-state index is 12.4. The predicted octanol–water partition coefficient (Wildman–Crippen LogP) is 2.58. The maximum absolute atomic E-state index is 12.4. The summed E-state index contributed by atoms with van der Waals surface area (Å²) in [4.78, 5) is 45.0. The molecular weight excluding hydrogens is 384 g/mol. The molecule has 8 nitrogen and oxygen atoms in total. The molecule has 3 amide bonds. The van der Waals surface area contributed by atoms with E-state index in [1.807, 2.05) is 0 Å². The Hall–Kier alpha value is -3.03. The third kappa shape index (κ3) is 3.74. The van der Waals surface area contributed by atoms with Gasteiger partial charge in [-0.15, -0.1) is 0 Å². The first-order chi connectivity index (χ1) is 14.5. The zero-order valence-electron chi connectivity index (χ0n) is 16.6. The molecule has 30 heavy (non-hydrogen) atoms. The molecule has 2 aromatic rings. The Balaban J connectivity index is 1.13. The third-order valence-electron chi connectivity index (χ3n) is 6.71. The number of nitrogens with one attached hydrogen (secondary N) is 2. The van der Waals surface area contributed by atoms with E-state index >= 15 is 0 Å². The standard InChI is InChI=1S/C22H24N4O4/c27-19(12-30-20(28)16-1-2-17-18(8-16)24-4-3-23-17)25-21(29)26-22-9-13-5-14(10-22)7-15(6-13)11-22/h1-4,8,13-15H,5-7,9-12H2,(H2,25,26,27,29). The van der Waals surface area contributed by atoms with Gasteiger partial charge in [0.15, 0.2) is 6.61 Å². The quantitative estimate of drug-likeness (QED) is 0.753. The molecule has 0 saturated heterocycles. The van der Waals surface area contributed by atoms with E-state index in [2.05, 4.69) is 20.6 Å². The van der Waals surface area contributed by atoms with Crippen LogP contribution in [0.2, 0.25) is 0 Å². The lowest BCUT2D eigenvalue weighted by molar-refractivity contribution is -0.123. The summed E-state index contributed by atoms with van der Waals surface area (Å²) in [5, 5.41) is 5.37. The zero-order valence-corrected chi connectivity index (χ0v) is 16.6. The van der Waals surface area contributed by atoms with Gasteiger partial charge in [-0.2, -0.15) is 0 Å². The van der Waals surface area contributed by atoms with Crippen molar-refractivity contribution in [2.45, 2.75) is 44.1 Å². The van der Waals surface area contributed by atoms with Gasteiger partial charge in [-0.1, -0.05) is 0 Å². The van der Waals surface area contributed by atoms with Gasteiger partial charge in [0.05, 0.1) is 16.6 Å². The smallest absolute Gasteiger partial charge is 0.338 e. The van der Waals surface area contributed by atoms with Crippen LogP contribution in [0.1, 0.15) is 48.9 Å². The summed E-state index contributed by atoms with van der Waals surface area (Å²) in [5.74, 6) is 0.782. The van der Waals surface area contributed by atoms with Crippen molar-refractivity contribution in [3.63, 3.8) is 0 Å². The number of fused-ring (bicyclic) bond motifs is 1. The monoisotopic (exact) mass is 408 g/mol. The summed E-state index contributed by atoms with van der Waals surface area (Å²) in [6.07, 6.45) is 9.93. The number of imide groups is 1. The Morgan fingerprint density at radius 3 is 2.27 bits per heavy atom. The minimum absolute atomic E-state index is 0.179. The molecule has 0 atom stereocenters. The highest BCUT2D eigenvalue weighted by atomic mass is 16.5. The zero-order chi connectivity index (χ0) is 20.7. The lowest BCUT2D eigenvalue weighted by atomic mass is 9.53. The van der Waals surface area contributed by atoms with E-state index in [4.69, 9.17) is 4.74 Å². The predicted molar refractivity (Wildman–Crippen MR) is 107 cm³/mol. The van der Waals surface area contributed by atoms with Gasteiger partial charge < -0.3 is 10.1 Å². The van der Waals surface area contributed by atoms with Crippen molar-refractivity contribution in [1.29, 1.82) is 0 Å². The number of hydrogen-bond acceptors (Lipinski definition) is 6. The molecular formula is C22H24N4O4. The molecule has 0 aliphatic heterocycles. The molecule has 1 heterocycles. The number of esters is 1. The number of rotatable bonds is 4. The minimum atomic E-state index is -0.654. The van der Waals surface area contributed by atoms with E-state index in [0.29, 0.717) is 28.8 Å². The van der Waals surface area contributed by atoms with E-state index < -0.39 is 24.5 Å². The van der Waals surface area contributed by atoms with Gasteiger partial charge in [-0.25, -0.2) is 9.59 Å². The number of urea groups is 1. The van der Waals surface area contributed by atoms with Crippen molar-refractivity contribution in [2.24, 2.45) is 17.8 Å². The summed E-state index contributed by atoms with van der Waals surface area (Å²) in [7, 11) is 0. The van der Waals surface area contributed by atoms with Crippen LogP contribution in [-0.2, 0) is 9.53 Å². The van der Waals surface area contributed by atoms with Crippen molar-refractivity contribution in [3.05, 3.63) is 36.2 Å². The van der Waals surface area contributed by atoms with Crippen LogP contribution < -0.4 is 10.6 Å². The Bertz CT molecular complexity index is 986. The molecule has 0 unspecified atom stereocenters. The highest BCUT2D eigenvalue weighted by molar-refractivity contribution is 5.98. The van der Waals surface area contributed by atoms with Gasteiger partial charge in [0.1, 0.15) is 0 Å². The van der Waals surface area contributed by atoms with Crippen molar-refractivity contribution >= 4 is 28.9 Å². The number of hydrogen-bond donors (Lipinski definition) is 2. The second-order valence-electron chi connectivity index (χ2n) is 9.04. The lowest BCUT2D eigenvalue weighted by Gasteiger charge is -2.56. The topological polar surface area (TPSA) is 110 Å². The molecule has 6 rings (SSSR count). The number of ether oxygens (including phenoxy) is 1. The molecule has 4 fully saturated rings. The summed E-state index contributed by atoms with van der Waals surface area (Å²) in [6, 6.07) is 4.29. The molecule has 4 saturated carbocycles. The van der Waals surface area contributed by atoms with Crippen LogP contribution in [0.15, 0.2) is 30.6 Å². The van der Waals surface area contributed by atoms with Gasteiger partial charge in [0, 0.05) is 17.9 Å². The second kappa shape index (κ2) is 7.34. The molecule has 0 spiro atoms. The van der Waals surface area contributed by atoms with E-state index in [1.54, 1.807) is 24.4 Å². The molecule has 1 aromatic heterocycles. The molecule has 2 N–H and O–H groups in total. The Morgan fingerprint density at radius 2 is 1.60 bits per heavy atom. The minimum Gasteiger partial charge on any atom is -0.452 e. The SMILES string of the molecule is O=C(COC(=O)c1ccc2nccnc2c1)NC(=O)NC12CC3CC(CC(C3)C1)C2. The van der Waals surface area contributed by atoms with Crippen LogP contribution in [0, 0.1) is 17.8 Å². The largest absolute Gasteiger partial charge is 0.452 e. The van der Waals surface area contributed by atoms with Crippen LogP contribution in [0.25, 0.3) is 11.0 Å². The van der Waals surface area contributed by atoms with Crippen LogP contribution in [0.5, 0.6) is 0 Å². The average Bonchev–Trinajstić information content (AvgIpc) is 2.70. The van der Waals surface area contributed by atoms with Gasteiger partial charge in [0.2, 0.25) is 0 Å². The lowest BCUT2D eigenvalue weighted by Crippen LogP contribution is -2.62. The van der Waals surface area contributed by atoms with Crippen molar-refractivity contribution in [3.8, 4) is 0 Å². The molecule has 4 aliphatic carbocycles. The summed E-state index contributed by atoms with van der Waals surface area (Å²) < 4.78 is 5.05. The number of benzene rings is 1. The van der Waals surface area contributed by atoms with Gasteiger partial charge in [0.25, 0.3) is 5.91 Å². The number of carbonyl (C=O) groups is 3. The summed E-state index contributed by atoms with van der Waals surface area (Å²) in [5.41, 5.74) is 1.32. The van der Waals surface area contributed by atoms with Crippen LogP contribution in [0.3, 0.4) is 0 Å². The molecule has 0 radical (unpaired) electrons. The number of aromatic nitrogens is 2. The van der Waals surface area contributed by atoms with Gasteiger partial charge in [-0.05, 0) is 74.5 Å². The fourth-order valence-electron chi connectivity index (χ4n) is 6.00. The van der Waals surface area contributed by atoms with Crippen molar-refractivity contribution in [1.82, 2.24) is 20.6 Å². The van der Waals surface area contributed by atoms with Crippen LogP contribution >= 0.6 is 0 Å². The van der Waals surface area contributed by atoms with Gasteiger partial charge in [-0.3, -0.25) is 20.1 Å². The summed E-state index contributed by atoms with van der Waals surface area (Å²) >= 11 is 0. The molecule has 1 aromatic carbocycles. The number of carbonyl (C=O) groups excluding carboxylic acids is 3. The first-order valence-electron chi connectivity index (χ1n) is 10.5. The van der Waals surface area contributed by atoms with Crippen molar-refractivity contribution < 1.29 is 19.1 Å². The van der Waals surface area contributed by atoms with Crippen LogP contribution in [-0.4, -0.2) is 40.0 Å². The first-order valence-corrected chi connectivity index (χ1v) is 10.5. The Labute approximate surface area is 173 Å². The van der Waals surface area contributed by atoms with E-state index in [0.717, 1.165) is 19.3 Å². The van der Waals surface area contributed by atoms with E-state index in [-0.39, 0.29) is 11.1 Å². The third-order valence-corrected chi connectivity index (χ3v) is 6.71. The normalized spacial score (nSPS) is 28.9. The summed E-state index contributed by atoms with van der Waals surface area (Å²) in [6.45, 7) is -0.522. The Morgan fingerprint density at radius 1 is 0.967 bits per heavy atom. The average molecular weight is 408 g/mol. The highest BCUT2D eigenvalue weighted by Gasteiger charge is 2.51. The number of amides is 3. The molecule has 4 bridgehead atoms. The van der Waals surface area contributed by atoms with E-state index in [1.165, 1.54) is 25.5 Å². The first kappa shape index (κ1) is 19.0. The maximum Gasteiger partial charge on any atom is 0.338 e. The Kier molecular flexibility index (Phi) is 4.64. The number of nitrogens with zero attached hydrogens (tertiary/aromatic N) is 2. The fourth-order valence-corrected chi connectivity index (χ4v) is 6.00. The van der Waals surface area contributed by atoms with Crippen molar-refractivity contribution in [2.75, 3.05) is 6.61 Å². The van der Waals surface area contributed by atoms with Gasteiger partial charge >= 0.3 is 12.0 Å². The van der Waals surface area contributed by atoms with Crippen LogP contribution in [0.4, 0.5) is 4.79 Å². The fraction of sp³-hybridized carbons (Fsp3) is 0.500. The highest BCUT2D eigenvalue weighted by Crippen LogP contribution is 2.55. The van der Waals surface area contributed by atoms with E-state index in [9.17, 15) is 14.4 Å².